The summed E-state index contributed by atoms with van der Waals surface area (Å²) in [5, 5.41) is -0.318. The molecule has 37 heavy (non-hydrogen) atoms. The highest BCUT2D eigenvalue weighted by Gasteiger charge is 2.71. The molecule has 0 bridgehead atoms. The van der Waals surface area contributed by atoms with Crippen molar-refractivity contribution >= 4 is 27.6 Å². The average molecular weight is 523 g/mol. The minimum atomic E-state index is -4.22. The van der Waals surface area contributed by atoms with E-state index in [2.05, 4.69) is 19.6 Å². The quantitative estimate of drug-likeness (QED) is 0.478. The Balaban J connectivity index is 0.00000294. The summed E-state index contributed by atoms with van der Waals surface area (Å²) in [4.78, 5) is 28.5. The lowest BCUT2D eigenvalue weighted by atomic mass is 9.85. The normalized spacial score (nSPS) is 23.7. The third-order valence-electron chi connectivity index (χ3n) is 7.60. The SMILES string of the molecule is CC(C)Oc1ccc(-c2ccc(C(=O)NS(=O)(=O)c3cccc(N)n3)c(N3CC45CC4CCC35)n2)cn1.[HH]. The molecule has 3 aromatic rings. The number of hydrogen-bond acceptors (Lipinski definition) is 9. The van der Waals surface area contributed by atoms with E-state index in [0.29, 0.717) is 28.8 Å². The van der Waals surface area contributed by atoms with Crippen molar-refractivity contribution in [1.29, 1.82) is 0 Å². The van der Waals surface area contributed by atoms with Crippen LogP contribution in [0.5, 0.6) is 5.88 Å². The van der Waals surface area contributed by atoms with Crippen LogP contribution in [-0.4, -0.2) is 48.0 Å². The maximum absolute atomic E-state index is 13.3. The number of rotatable bonds is 7. The first-order valence-corrected chi connectivity index (χ1v) is 13.8. The second kappa shape index (κ2) is 8.41. The molecule has 3 N–H and O–H groups in total. The highest BCUT2D eigenvalue weighted by atomic mass is 32.2. The fraction of sp³-hybridized carbons (Fsp3) is 0.385. The molecule has 194 valence electrons. The minimum Gasteiger partial charge on any atom is -0.475 e. The Hall–Kier alpha value is -3.73. The number of carbonyl (C=O) groups excluding carboxylic acids is 1. The van der Waals surface area contributed by atoms with Gasteiger partial charge in [0.2, 0.25) is 5.88 Å². The van der Waals surface area contributed by atoms with Gasteiger partial charge in [-0.15, -0.1) is 0 Å². The lowest BCUT2D eigenvalue weighted by Gasteiger charge is -2.49. The molecule has 2 saturated carbocycles. The van der Waals surface area contributed by atoms with Gasteiger partial charge in [-0.25, -0.2) is 19.7 Å². The fourth-order valence-electron chi connectivity index (χ4n) is 5.80. The summed E-state index contributed by atoms with van der Waals surface area (Å²) in [6.07, 6.45) is 5.14. The fourth-order valence-corrected chi connectivity index (χ4v) is 6.75. The summed E-state index contributed by atoms with van der Waals surface area (Å²) in [6, 6.07) is 11.5. The maximum Gasteiger partial charge on any atom is 0.281 e. The summed E-state index contributed by atoms with van der Waals surface area (Å²) >= 11 is 0. The number of aromatic nitrogens is 3. The molecule has 0 radical (unpaired) electrons. The first kappa shape index (κ1) is 23.7. The van der Waals surface area contributed by atoms with Gasteiger partial charge in [0.25, 0.3) is 15.9 Å². The van der Waals surface area contributed by atoms with Crippen LogP contribution >= 0.6 is 0 Å². The van der Waals surface area contributed by atoms with Gasteiger partial charge in [-0.3, -0.25) is 4.79 Å². The Morgan fingerprint density at radius 3 is 2.70 bits per heavy atom. The van der Waals surface area contributed by atoms with E-state index in [1.54, 1.807) is 24.4 Å². The largest absolute Gasteiger partial charge is 0.475 e. The lowest BCUT2D eigenvalue weighted by Crippen LogP contribution is -2.57. The van der Waals surface area contributed by atoms with Crippen molar-refractivity contribution in [2.45, 2.75) is 50.3 Å². The summed E-state index contributed by atoms with van der Waals surface area (Å²) in [6.45, 7) is 4.69. The van der Waals surface area contributed by atoms with E-state index in [1.165, 1.54) is 31.0 Å². The van der Waals surface area contributed by atoms with Gasteiger partial charge in [0, 0.05) is 37.3 Å². The molecule has 1 aliphatic heterocycles. The number of amides is 1. The molecule has 3 unspecified atom stereocenters. The molecular formula is C26H30N6O4S. The number of hydrogen-bond donors (Lipinski definition) is 2. The Kier molecular flexibility index (Phi) is 5.37. The van der Waals surface area contributed by atoms with Crippen LogP contribution in [-0.2, 0) is 10.0 Å². The van der Waals surface area contributed by atoms with Crippen molar-refractivity contribution in [2.75, 3.05) is 17.2 Å². The highest BCUT2D eigenvalue weighted by Crippen LogP contribution is 2.70. The van der Waals surface area contributed by atoms with Crippen LogP contribution in [0.2, 0.25) is 0 Å². The number of nitrogens with zero attached hydrogens (tertiary/aromatic N) is 4. The number of ether oxygens (including phenoxy) is 1. The predicted molar refractivity (Wildman–Crippen MR) is 140 cm³/mol. The number of carbonyl (C=O) groups is 1. The van der Waals surface area contributed by atoms with Gasteiger partial charge in [0.1, 0.15) is 11.6 Å². The second-order valence-corrected chi connectivity index (χ2v) is 11.9. The lowest BCUT2D eigenvalue weighted by molar-refractivity contribution is 0.0980. The van der Waals surface area contributed by atoms with Crippen LogP contribution < -0.4 is 20.1 Å². The Morgan fingerprint density at radius 2 is 2.03 bits per heavy atom. The van der Waals surface area contributed by atoms with Gasteiger partial charge in [-0.2, -0.15) is 8.42 Å². The smallest absolute Gasteiger partial charge is 0.281 e. The van der Waals surface area contributed by atoms with E-state index in [0.717, 1.165) is 24.4 Å². The molecule has 4 heterocycles. The van der Waals surface area contributed by atoms with Crippen LogP contribution in [0.15, 0.2) is 53.7 Å². The molecule has 3 aromatic heterocycles. The van der Waals surface area contributed by atoms with Gasteiger partial charge < -0.3 is 15.4 Å². The van der Waals surface area contributed by atoms with E-state index in [-0.39, 0.29) is 23.9 Å². The molecule has 1 spiro atoms. The van der Waals surface area contributed by atoms with Crippen LogP contribution in [0.3, 0.4) is 0 Å². The molecule has 1 saturated heterocycles. The maximum atomic E-state index is 13.3. The first-order valence-electron chi connectivity index (χ1n) is 12.4. The number of nitrogens with two attached hydrogens (primary N) is 1. The monoisotopic (exact) mass is 522 g/mol. The Morgan fingerprint density at radius 1 is 1.19 bits per heavy atom. The summed E-state index contributed by atoms with van der Waals surface area (Å²) < 4.78 is 33.5. The van der Waals surface area contributed by atoms with E-state index >= 15 is 0 Å². The van der Waals surface area contributed by atoms with Crippen molar-refractivity contribution in [3.63, 3.8) is 0 Å². The number of nitrogen functional groups attached to an aromatic ring is 1. The van der Waals surface area contributed by atoms with E-state index in [4.69, 9.17) is 15.5 Å². The average Bonchev–Trinajstić information content (AvgIpc) is 3.52. The van der Waals surface area contributed by atoms with Crippen molar-refractivity contribution < 1.29 is 19.4 Å². The van der Waals surface area contributed by atoms with Crippen LogP contribution in [0, 0.1) is 11.3 Å². The first-order chi connectivity index (χ1) is 17.7. The number of sulfonamides is 1. The standard InChI is InChI=1S/C26H28N6O4S.H2/c1-15(2)36-22-11-6-16(13-28-22)19-9-8-18(24(29-19)32-14-26-12-17(26)7-10-20(26)32)25(33)31-37(34,35)23-5-3-4-21(27)30-23;/h3-6,8-9,11,13,15,17,20H,7,10,12,14H2,1-2H3,(H2,27,30)(H,31,33);1H. The molecule has 0 aromatic carbocycles. The van der Waals surface area contributed by atoms with Gasteiger partial charge in [0.05, 0.1) is 17.4 Å². The zero-order chi connectivity index (χ0) is 25.9. The molecule has 3 fully saturated rings. The molecular weight excluding hydrogens is 492 g/mol. The van der Waals surface area contributed by atoms with Gasteiger partial charge in [0.15, 0.2) is 5.03 Å². The van der Waals surface area contributed by atoms with Crippen molar-refractivity contribution in [3.8, 4) is 17.1 Å². The molecule has 3 aliphatic rings. The van der Waals surface area contributed by atoms with Crippen molar-refractivity contribution in [2.24, 2.45) is 11.3 Å². The summed E-state index contributed by atoms with van der Waals surface area (Å²) in [5.74, 6) is 1.04. The van der Waals surface area contributed by atoms with Crippen molar-refractivity contribution in [1.82, 2.24) is 19.7 Å². The van der Waals surface area contributed by atoms with Gasteiger partial charge in [-0.05, 0) is 69.4 Å². The van der Waals surface area contributed by atoms with Crippen LogP contribution in [0.4, 0.5) is 11.6 Å². The highest BCUT2D eigenvalue weighted by molar-refractivity contribution is 7.90. The minimum absolute atomic E-state index is 0. The third-order valence-corrected chi connectivity index (χ3v) is 8.83. The molecule has 2 aliphatic carbocycles. The van der Waals surface area contributed by atoms with Crippen LogP contribution in [0.1, 0.15) is 44.9 Å². The Bertz CT molecular complexity index is 1500. The summed E-state index contributed by atoms with van der Waals surface area (Å²) in [5.41, 5.74) is 7.58. The number of anilines is 2. The van der Waals surface area contributed by atoms with Crippen molar-refractivity contribution in [3.05, 3.63) is 54.2 Å². The summed E-state index contributed by atoms with van der Waals surface area (Å²) in [7, 11) is -4.22. The van der Waals surface area contributed by atoms with E-state index in [1.807, 2.05) is 19.9 Å². The Labute approximate surface area is 216 Å². The molecule has 3 atom stereocenters. The predicted octanol–water partition coefficient (Wildman–Crippen LogP) is 3.26. The molecule has 11 heteroatoms. The zero-order valence-electron chi connectivity index (χ0n) is 20.6. The molecule has 6 rings (SSSR count). The topological polar surface area (TPSA) is 140 Å². The van der Waals surface area contributed by atoms with Gasteiger partial charge >= 0.3 is 0 Å². The van der Waals surface area contributed by atoms with E-state index in [9.17, 15) is 13.2 Å². The number of pyridine rings is 3. The molecule has 1 amide bonds. The van der Waals surface area contributed by atoms with Gasteiger partial charge in [-0.1, -0.05) is 6.07 Å². The zero-order valence-corrected chi connectivity index (χ0v) is 21.4. The third kappa shape index (κ3) is 4.07. The molecule has 10 nitrogen and oxygen atoms in total. The second-order valence-electron chi connectivity index (χ2n) is 10.3. The van der Waals surface area contributed by atoms with Crippen LogP contribution in [0.25, 0.3) is 11.3 Å². The number of nitrogens with one attached hydrogen (secondary N) is 1. The van der Waals surface area contributed by atoms with E-state index < -0.39 is 15.9 Å².